The van der Waals surface area contributed by atoms with Crippen molar-refractivity contribution in [1.29, 1.82) is 0 Å². The Labute approximate surface area is 140 Å². The summed E-state index contributed by atoms with van der Waals surface area (Å²) in [6, 6.07) is 15.3. The Hall–Kier alpha value is -3.15. The van der Waals surface area contributed by atoms with Crippen molar-refractivity contribution >= 4 is 17.4 Å². The molecule has 3 aromatic rings. The summed E-state index contributed by atoms with van der Waals surface area (Å²) in [4.78, 5) is 12.5. The largest absolute Gasteiger partial charge is 0.382 e. The number of nitrogen functional groups attached to an aromatic ring is 1. The number of benzene rings is 2. The molecule has 0 aliphatic carbocycles. The summed E-state index contributed by atoms with van der Waals surface area (Å²) in [6.45, 7) is 4.03. The van der Waals surface area contributed by atoms with E-state index in [0.717, 1.165) is 28.9 Å². The van der Waals surface area contributed by atoms with E-state index >= 15 is 0 Å². The third-order valence-corrected chi connectivity index (χ3v) is 3.85. The maximum Gasteiger partial charge on any atom is 0.280 e. The van der Waals surface area contributed by atoms with Crippen LogP contribution in [-0.4, -0.2) is 20.9 Å². The van der Waals surface area contributed by atoms with Gasteiger partial charge in [-0.05, 0) is 37.1 Å². The van der Waals surface area contributed by atoms with Gasteiger partial charge >= 0.3 is 0 Å². The van der Waals surface area contributed by atoms with Crippen molar-refractivity contribution in [1.82, 2.24) is 15.0 Å². The van der Waals surface area contributed by atoms with E-state index in [-0.39, 0.29) is 17.4 Å². The number of aryl methyl sites for hydroxylation is 2. The van der Waals surface area contributed by atoms with Crippen molar-refractivity contribution < 1.29 is 4.79 Å². The summed E-state index contributed by atoms with van der Waals surface area (Å²) < 4.78 is 1.46. The topological polar surface area (TPSA) is 85.8 Å². The molecule has 6 heteroatoms. The molecule has 24 heavy (non-hydrogen) atoms. The van der Waals surface area contributed by atoms with Gasteiger partial charge in [0.1, 0.15) is 0 Å². The molecule has 0 aliphatic rings. The highest BCUT2D eigenvalue weighted by atomic mass is 16.2. The van der Waals surface area contributed by atoms with E-state index in [1.54, 1.807) is 0 Å². The van der Waals surface area contributed by atoms with E-state index in [2.05, 4.69) is 15.6 Å². The van der Waals surface area contributed by atoms with Crippen LogP contribution in [0.15, 0.2) is 48.5 Å². The number of nitrogens with one attached hydrogen (secondary N) is 1. The fourth-order valence-electron chi connectivity index (χ4n) is 2.46. The van der Waals surface area contributed by atoms with Gasteiger partial charge in [0.05, 0.1) is 5.69 Å². The van der Waals surface area contributed by atoms with E-state index in [1.165, 1.54) is 4.68 Å². The molecule has 0 atom stereocenters. The third kappa shape index (κ3) is 2.99. The minimum absolute atomic E-state index is 0.112. The predicted octanol–water partition coefficient (Wildman–Crippen LogP) is 2.97. The quantitative estimate of drug-likeness (QED) is 0.773. The van der Waals surface area contributed by atoms with Crippen molar-refractivity contribution in [2.45, 2.75) is 20.3 Å². The van der Waals surface area contributed by atoms with E-state index in [9.17, 15) is 4.79 Å². The zero-order chi connectivity index (χ0) is 17.1. The molecule has 1 heterocycles. The number of carbonyl (C=O) groups excluding carboxylic acids is 1. The van der Waals surface area contributed by atoms with Crippen LogP contribution < -0.4 is 11.1 Å². The van der Waals surface area contributed by atoms with Crippen LogP contribution in [0.2, 0.25) is 0 Å². The Morgan fingerprint density at radius 3 is 2.58 bits per heavy atom. The lowest BCUT2D eigenvalue weighted by molar-refractivity contribution is 0.102. The molecule has 0 fully saturated rings. The molecule has 2 aromatic carbocycles. The normalized spacial score (nSPS) is 10.6. The fourth-order valence-corrected chi connectivity index (χ4v) is 2.46. The monoisotopic (exact) mass is 321 g/mol. The summed E-state index contributed by atoms with van der Waals surface area (Å²) in [5.41, 5.74) is 9.89. The molecule has 0 bridgehead atoms. The van der Waals surface area contributed by atoms with Crippen LogP contribution in [-0.2, 0) is 6.42 Å². The number of anilines is 2. The number of amides is 1. The number of nitrogens with two attached hydrogens (primary N) is 1. The Morgan fingerprint density at radius 1 is 1.17 bits per heavy atom. The van der Waals surface area contributed by atoms with Gasteiger partial charge in [0.2, 0.25) is 0 Å². The molecule has 1 amide bonds. The maximum absolute atomic E-state index is 12.5. The van der Waals surface area contributed by atoms with Crippen LogP contribution in [0.3, 0.4) is 0 Å². The Kier molecular flexibility index (Phi) is 4.29. The third-order valence-electron chi connectivity index (χ3n) is 3.85. The second kappa shape index (κ2) is 6.54. The molecule has 0 saturated carbocycles. The molecule has 1 aromatic heterocycles. The van der Waals surface area contributed by atoms with Crippen LogP contribution in [0, 0.1) is 6.92 Å². The number of nitrogens with zero attached hydrogens (tertiary/aromatic N) is 3. The van der Waals surface area contributed by atoms with Gasteiger partial charge in [0.25, 0.3) is 5.91 Å². The van der Waals surface area contributed by atoms with E-state index < -0.39 is 0 Å². The van der Waals surface area contributed by atoms with Crippen molar-refractivity contribution in [3.8, 4) is 5.69 Å². The molecule has 0 radical (unpaired) electrons. The van der Waals surface area contributed by atoms with Crippen molar-refractivity contribution in [2.75, 3.05) is 11.1 Å². The molecule has 3 rings (SSSR count). The summed E-state index contributed by atoms with van der Waals surface area (Å²) in [5, 5.41) is 10.8. The minimum Gasteiger partial charge on any atom is -0.382 e. The summed E-state index contributed by atoms with van der Waals surface area (Å²) in [5.74, 6) is -0.155. The lowest BCUT2D eigenvalue weighted by Crippen LogP contribution is -2.16. The fraction of sp³-hybridized carbons (Fsp3) is 0.167. The number of hydrogen-bond acceptors (Lipinski definition) is 4. The standard InChI is InChI=1S/C18H19N5O/c1-3-13-6-4-5-7-15(13)20-18(24)16-17(19)23(22-21-16)14-10-8-12(2)9-11-14/h4-11H,3,19H2,1-2H3,(H,20,24). The van der Waals surface area contributed by atoms with Crippen molar-refractivity contribution in [3.63, 3.8) is 0 Å². The first-order chi connectivity index (χ1) is 11.6. The number of hydrogen-bond donors (Lipinski definition) is 2. The summed E-state index contributed by atoms with van der Waals surface area (Å²) in [7, 11) is 0. The average Bonchev–Trinajstić information content (AvgIpc) is 2.98. The van der Waals surface area contributed by atoms with Gasteiger partial charge in [-0.15, -0.1) is 5.10 Å². The zero-order valence-electron chi connectivity index (χ0n) is 13.7. The number of rotatable bonds is 4. The average molecular weight is 321 g/mol. The summed E-state index contributed by atoms with van der Waals surface area (Å²) in [6.07, 6.45) is 0.821. The highest BCUT2D eigenvalue weighted by molar-refractivity contribution is 6.06. The van der Waals surface area contributed by atoms with E-state index in [0.29, 0.717) is 0 Å². The van der Waals surface area contributed by atoms with E-state index in [1.807, 2.05) is 62.4 Å². The first-order valence-corrected chi connectivity index (χ1v) is 7.77. The highest BCUT2D eigenvalue weighted by Gasteiger charge is 2.19. The van der Waals surface area contributed by atoms with Crippen LogP contribution in [0.1, 0.15) is 28.5 Å². The maximum atomic E-state index is 12.5. The second-order valence-corrected chi connectivity index (χ2v) is 5.54. The number of carbonyl (C=O) groups is 1. The molecule has 0 unspecified atom stereocenters. The predicted molar refractivity (Wildman–Crippen MR) is 94.3 cm³/mol. The van der Waals surface area contributed by atoms with Crippen LogP contribution in [0.5, 0.6) is 0 Å². The molecule has 0 spiro atoms. The van der Waals surface area contributed by atoms with Crippen LogP contribution in [0.25, 0.3) is 5.69 Å². The van der Waals surface area contributed by atoms with E-state index in [4.69, 9.17) is 5.73 Å². The first-order valence-electron chi connectivity index (χ1n) is 7.77. The first kappa shape index (κ1) is 15.7. The second-order valence-electron chi connectivity index (χ2n) is 5.54. The molecular formula is C18H19N5O. The highest BCUT2D eigenvalue weighted by Crippen LogP contribution is 2.19. The van der Waals surface area contributed by atoms with Crippen molar-refractivity contribution in [2.24, 2.45) is 0 Å². The van der Waals surface area contributed by atoms with Gasteiger partial charge in [-0.25, -0.2) is 0 Å². The Bertz CT molecular complexity index is 867. The SMILES string of the molecule is CCc1ccccc1NC(=O)c1nnn(-c2ccc(C)cc2)c1N. The van der Waals surface area contributed by atoms with Crippen molar-refractivity contribution in [3.05, 3.63) is 65.4 Å². The van der Waals surface area contributed by atoms with Gasteiger partial charge in [-0.2, -0.15) is 4.68 Å². The van der Waals surface area contributed by atoms with Gasteiger partial charge in [0.15, 0.2) is 11.5 Å². The molecule has 122 valence electrons. The summed E-state index contributed by atoms with van der Waals surface area (Å²) >= 11 is 0. The number of aromatic nitrogens is 3. The molecular weight excluding hydrogens is 302 g/mol. The molecule has 0 saturated heterocycles. The smallest absolute Gasteiger partial charge is 0.280 e. The van der Waals surface area contributed by atoms with Gasteiger partial charge in [-0.3, -0.25) is 4.79 Å². The lowest BCUT2D eigenvalue weighted by Gasteiger charge is -2.08. The van der Waals surface area contributed by atoms with Gasteiger partial charge in [0, 0.05) is 5.69 Å². The van der Waals surface area contributed by atoms with Gasteiger partial charge in [-0.1, -0.05) is 48.0 Å². The zero-order valence-corrected chi connectivity index (χ0v) is 13.7. The molecule has 3 N–H and O–H groups in total. The molecule has 6 nitrogen and oxygen atoms in total. The van der Waals surface area contributed by atoms with Gasteiger partial charge < -0.3 is 11.1 Å². The Morgan fingerprint density at radius 2 is 1.88 bits per heavy atom. The lowest BCUT2D eigenvalue weighted by atomic mass is 10.1. The Balaban J connectivity index is 1.87. The van der Waals surface area contributed by atoms with Crippen LogP contribution in [0.4, 0.5) is 11.5 Å². The number of para-hydroxylation sites is 1. The molecule has 0 aliphatic heterocycles. The minimum atomic E-state index is -0.369. The van der Waals surface area contributed by atoms with Crippen LogP contribution >= 0.6 is 0 Å².